The summed E-state index contributed by atoms with van der Waals surface area (Å²) in [5.41, 5.74) is 0.327. The molecule has 110 valence electrons. The Kier molecular flexibility index (Phi) is 2.92. The number of amides is 1. The zero-order chi connectivity index (χ0) is 14.4. The number of hydrogen-bond donors (Lipinski definition) is 0. The molecule has 1 saturated heterocycles. The molecule has 4 rings (SSSR count). The smallest absolute Gasteiger partial charge is 0.290 e. The normalized spacial score (nSPS) is 22.7. The Morgan fingerprint density at radius 2 is 2.29 bits per heavy atom. The van der Waals surface area contributed by atoms with Crippen LogP contribution in [0.5, 0.6) is 0 Å². The minimum atomic E-state index is -0.373. The highest BCUT2D eigenvalue weighted by atomic mass is 19.1. The van der Waals surface area contributed by atoms with E-state index in [2.05, 4.69) is 4.98 Å². The van der Waals surface area contributed by atoms with Crippen molar-refractivity contribution in [2.24, 2.45) is 5.92 Å². The van der Waals surface area contributed by atoms with Crippen molar-refractivity contribution in [3.05, 3.63) is 36.2 Å². The maximum Gasteiger partial charge on any atom is 0.290 e. The van der Waals surface area contributed by atoms with Crippen LogP contribution < -0.4 is 0 Å². The number of rotatable bonds is 2. The van der Waals surface area contributed by atoms with E-state index in [0.29, 0.717) is 31.1 Å². The minimum absolute atomic E-state index is 0.144. The Bertz CT molecular complexity index is 695. The predicted molar refractivity (Wildman–Crippen MR) is 73.5 cm³/mol. The van der Waals surface area contributed by atoms with Crippen LogP contribution in [0.25, 0.3) is 5.52 Å². The lowest BCUT2D eigenvalue weighted by Crippen LogP contribution is -2.46. The molecule has 1 aliphatic carbocycles. The van der Waals surface area contributed by atoms with Crippen LogP contribution in [-0.2, 0) is 4.74 Å². The molecule has 0 bridgehead atoms. The Morgan fingerprint density at radius 1 is 1.43 bits per heavy atom. The quantitative estimate of drug-likeness (QED) is 0.846. The third-order valence-corrected chi connectivity index (χ3v) is 4.24. The van der Waals surface area contributed by atoms with Crippen molar-refractivity contribution < 1.29 is 13.9 Å². The number of imidazole rings is 1. The van der Waals surface area contributed by atoms with Gasteiger partial charge in [-0.15, -0.1) is 0 Å². The predicted octanol–water partition coefficient (Wildman–Crippen LogP) is 1.72. The molecule has 1 unspecified atom stereocenters. The van der Waals surface area contributed by atoms with Crippen LogP contribution in [0.2, 0.25) is 0 Å². The zero-order valence-corrected chi connectivity index (χ0v) is 11.5. The number of aromatic nitrogens is 2. The molecule has 1 amide bonds. The van der Waals surface area contributed by atoms with Gasteiger partial charge in [0.15, 0.2) is 0 Å². The monoisotopic (exact) mass is 289 g/mol. The van der Waals surface area contributed by atoms with Gasteiger partial charge in [0.2, 0.25) is 5.82 Å². The van der Waals surface area contributed by atoms with Gasteiger partial charge in [0.05, 0.1) is 18.9 Å². The number of fused-ring (bicyclic) bond motifs is 1. The van der Waals surface area contributed by atoms with Crippen LogP contribution in [0.3, 0.4) is 0 Å². The molecule has 2 aromatic rings. The van der Waals surface area contributed by atoms with E-state index in [0.717, 1.165) is 0 Å². The first-order valence-corrected chi connectivity index (χ1v) is 7.26. The Hall–Kier alpha value is -1.95. The summed E-state index contributed by atoms with van der Waals surface area (Å²) in [5.74, 6) is 0.326. The highest BCUT2D eigenvalue weighted by Crippen LogP contribution is 2.35. The van der Waals surface area contributed by atoms with Crippen LogP contribution in [0.15, 0.2) is 24.5 Å². The van der Waals surface area contributed by atoms with Gasteiger partial charge in [-0.1, -0.05) is 0 Å². The molecule has 1 aliphatic heterocycles. The molecule has 21 heavy (non-hydrogen) atoms. The van der Waals surface area contributed by atoms with Crippen molar-refractivity contribution in [1.82, 2.24) is 14.3 Å². The van der Waals surface area contributed by atoms with Crippen LogP contribution in [-0.4, -0.2) is 46.0 Å². The second-order valence-electron chi connectivity index (χ2n) is 5.69. The highest BCUT2D eigenvalue weighted by molar-refractivity contribution is 5.92. The van der Waals surface area contributed by atoms with Gasteiger partial charge in [0.25, 0.3) is 5.91 Å². The highest BCUT2D eigenvalue weighted by Gasteiger charge is 2.37. The summed E-state index contributed by atoms with van der Waals surface area (Å²) in [6.45, 7) is 1.73. The van der Waals surface area contributed by atoms with E-state index < -0.39 is 0 Å². The molecule has 0 radical (unpaired) electrons. The van der Waals surface area contributed by atoms with E-state index >= 15 is 0 Å². The van der Waals surface area contributed by atoms with Gasteiger partial charge in [-0.2, -0.15) is 0 Å². The fourth-order valence-electron chi connectivity index (χ4n) is 2.90. The van der Waals surface area contributed by atoms with E-state index in [1.54, 1.807) is 17.2 Å². The molecule has 5 nitrogen and oxygen atoms in total. The van der Waals surface area contributed by atoms with Crippen molar-refractivity contribution in [2.45, 2.75) is 18.9 Å². The summed E-state index contributed by atoms with van der Waals surface area (Å²) in [7, 11) is 0. The van der Waals surface area contributed by atoms with Gasteiger partial charge >= 0.3 is 0 Å². The number of hydrogen-bond acceptors (Lipinski definition) is 3. The average molecular weight is 289 g/mol. The lowest BCUT2D eigenvalue weighted by Gasteiger charge is -2.32. The first kappa shape index (κ1) is 12.8. The van der Waals surface area contributed by atoms with Crippen LogP contribution in [0, 0.1) is 11.7 Å². The molecule has 0 aromatic carbocycles. The van der Waals surface area contributed by atoms with Gasteiger partial charge in [-0.3, -0.25) is 9.20 Å². The molecule has 2 aromatic heterocycles. The number of ether oxygens (including phenoxy) is 1. The SMILES string of the molecule is O=C(c1ncc2c(F)cccn12)N1CCOC(C2CC2)C1. The Morgan fingerprint density at radius 3 is 3.10 bits per heavy atom. The first-order valence-electron chi connectivity index (χ1n) is 7.26. The standard InChI is InChI=1S/C15H16FN3O2/c16-11-2-1-5-19-12(11)8-17-14(19)15(20)18-6-7-21-13(9-18)10-3-4-10/h1-2,5,8,10,13H,3-4,6-7,9H2. The molecule has 0 spiro atoms. The van der Waals surface area contributed by atoms with Gasteiger partial charge in [0, 0.05) is 19.3 Å². The van der Waals surface area contributed by atoms with Crippen molar-refractivity contribution in [1.29, 1.82) is 0 Å². The topological polar surface area (TPSA) is 46.8 Å². The molecule has 3 heterocycles. The summed E-state index contributed by atoms with van der Waals surface area (Å²) < 4.78 is 20.9. The lowest BCUT2D eigenvalue weighted by molar-refractivity contribution is -0.0317. The summed E-state index contributed by atoms with van der Waals surface area (Å²) in [4.78, 5) is 18.5. The lowest BCUT2D eigenvalue weighted by atomic mass is 10.2. The Labute approximate surface area is 121 Å². The molecular weight excluding hydrogens is 273 g/mol. The number of nitrogens with zero attached hydrogens (tertiary/aromatic N) is 3. The van der Waals surface area contributed by atoms with E-state index in [1.807, 2.05) is 0 Å². The molecule has 1 atom stereocenters. The van der Waals surface area contributed by atoms with Crippen LogP contribution >= 0.6 is 0 Å². The zero-order valence-electron chi connectivity index (χ0n) is 11.5. The second-order valence-corrected chi connectivity index (χ2v) is 5.69. The fourth-order valence-corrected chi connectivity index (χ4v) is 2.90. The fraction of sp³-hybridized carbons (Fsp3) is 0.467. The Balaban J connectivity index is 1.62. The van der Waals surface area contributed by atoms with Crippen molar-refractivity contribution in [3.8, 4) is 0 Å². The maximum atomic E-state index is 13.7. The van der Waals surface area contributed by atoms with Crippen molar-refractivity contribution in [3.63, 3.8) is 0 Å². The number of morpholine rings is 1. The third kappa shape index (κ3) is 2.19. The number of carbonyl (C=O) groups is 1. The van der Waals surface area contributed by atoms with Crippen LogP contribution in [0.1, 0.15) is 23.5 Å². The van der Waals surface area contributed by atoms with Gasteiger partial charge in [0.1, 0.15) is 11.3 Å². The number of carbonyl (C=O) groups excluding carboxylic acids is 1. The minimum Gasteiger partial charge on any atom is -0.374 e. The maximum absolute atomic E-state index is 13.7. The van der Waals surface area contributed by atoms with E-state index in [4.69, 9.17) is 4.74 Å². The summed E-state index contributed by atoms with van der Waals surface area (Å²) >= 11 is 0. The summed E-state index contributed by atoms with van der Waals surface area (Å²) in [5, 5.41) is 0. The van der Waals surface area contributed by atoms with Gasteiger partial charge < -0.3 is 9.64 Å². The third-order valence-electron chi connectivity index (χ3n) is 4.24. The first-order chi connectivity index (χ1) is 10.2. The molecular formula is C15H16FN3O2. The van der Waals surface area contributed by atoms with Crippen molar-refractivity contribution in [2.75, 3.05) is 19.7 Å². The number of halogens is 1. The summed E-state index contributed by atoms with van der Waals surface area (Å²) in [6.07, 6.45) is 5.58. The molecule has 1 saturated carbocycles. The second kappa shape index (κ2) is 4.80. The van der Waals surface area contributed by atoms with Crippen LogP contribution in [0.4, 0.5) is 4.39 Å². The van der Waals surface area contributed by atoms with E-state index in [-0.39, 0.29) is 23.7 Å². The largest absolute Gasteiger partial charge is 0.374 e. The molecule has 0 N–H and O–H groups in total. The summed E-state index contributed by atoms with van der Waals surface area (Å²) in [6, 6.07) is 2.94. The van der Waals surface area contributed by atoms with Gasteiger partial charge in [-0.05, 0) is 30.9 Å². The van der Waals surface area contributed by atoms with E-state index in [1.165, 1.54) is 29.5 Å². The average Bonchev–Trinajstić information content (AvgIpc) is 3.27. The molecule has 2 aliphatic rings. The van der Waals surface area contributed by atoms with Gasteiger partial charge in [-0.25, -0.2) is 9.37 Å². The van der Waals surface area contributed by atoms with Crippen molar-refractivity contribution >= 4 is 11.4 Å². The molecule has 6 heteroatoms. The van der Waals surface area contributed by atoms with E-state index in [9.17, 15) is 9.18 Å². The number of pyridine rings is 1. The molecule has 2 fully saturated rings.